The van der Waals surface area contributed by atoms with E-state index in [1.54, 1.807) is 11.9 Å². The van der Waals surface area contributed by atoms with Crippen molar-refractivity contribution in [2.45, 2.75) is 32.1 Å². The van der Waals surface area contributed by atoms with Gasteiger partial charge in [0.25, 0.3) is 0 Å². The molecule has 0 heterocycles. The second-order valence-electron chi connectivity index (χ2n) is 5.01. The van der Waals surface area contributed by atoms with Gasteiger partial charge in [0.15, 0.2) is 0 Å². The van der Waals surface area contributed by atoms with Crippen LogP contribution in [0.4, 0.5) is 11.4 Å². The molecule has 1 saturated carbocycles. The number of carbonyl (C=O) groups is 1. The van der Waals surface area contributed by atoms with Crippen molar-refractivity contribution >= 4 is 33.2 Å². The van der Waals surface area contributed by atoms with E-state index >= 15 is 0 Å². The lowest BCUT2D eigenvalue weighted by Crippen LogP contribution is -2.28. The Hall–Kier alpha value is -1.03. The first kappa shape index (κ1) is 13.4. The fourth-order valence-corrected chi connectivity index (χ4v) is 2.94. The minimum atomic E-state index is 0.163. The molecule has 4 heteroatoms. The molecule has 0 radical (unpaired) electrons. The Kier molecular flexibility index (Phi) is 4.27. The summed E-state index contributed by atoms with van der Waals surface area (Å²) in [7, 11) is 1.80. The van der Waals surface area contributed by atoms with E-state index in [1.165, 1.54) is 25.7 Å². The summed E-state index contributed by atoms with van der Waals surface area (Å²) in [5.41, 5.74) is 7.37. The van der Waals surface area contributed by atoms with Crippen LogP contribution in [0.5, 0.6) is 0 Å². The van der Waals surface area contributed by atoms with Crippen molar-refractivity contribution in [1.82, 2.24) is 0 Å². The van der Waals surface area contributed by atoms with Gasteiger partial charge in [-0.3, -0.25) is 4.79 Å². The molecule has 0 aromatic heterocycles. The Morgan fingerprint density at radius 3 is 2.72 bits per heavy atom. The van der Waals surface area contributed by atoms with Crippen molar-refractivity contribution < 1.29 is 4.79 Å². The molecular weight excluding hydrogens is 292 g/mol. The fraction of sp³-hybridized carbons (Fsp3) is 0.500. The minimum absolute atomic E-state index is 0.163. The molecule has 0 spiro atoms. The number of halogens is 1. The Balaban J connectivity index is 2.05. The van der Waals surface area contributed by atoms with Crippen molar-refractivity contribution in [3.63, 3.8) is 0 Å². The summed E-state index contributed by atoms with van der Waals surface area (Å²) in [6, 6.07) is 5.62. The van der Waals surface area contributed by atoms with Gasteiger partial charge >= 0.3 is 0 Å². The highest BCUT2D eigenvalue weighted by Gasteiger charge is 2.21. The number of nitrogens with zero attached hydrogens (tertiary/aromatic N) is 1. The van der Waals surface area contributed by atoms with Crippen LogP contribution < -0.4 is 10.6 Å². The second-order valence-corrected chi connectivity index (χ2v) is 5.93. The number of amides is 1. The van der Waals surface area contributed by atoms with Crippen LogP contribution in [0, 0.1) is 5.92 Å². The maximum absolute atomic E-state index is 12.2. The van der Waals surface area contributed by atoms with E-state index in [9.17, 15) is 4.79 Å². The number of carbonyl (C=O) groups excluding carboxylic acids is 1. The van der Waals surface area contributed by atoms with Gasteiger partial charge in [-0.1, -0.05) is 28.8 Å². The summed E-state index contributed by atoms with van der Waals surface area (Å²) in [5.74, 6) is 0.729. The molecule has 0 atom stereocenters. The van der Waals surface area contributed by atoms with Gasteiger partial charge in [0.2, 0.25) is 5.91 Å². The lowest BCUT2D eigenvalue weighted by atomic mass is 10.0. The highest BCUT2D eigenvalue weighted by atomic mass is 79.9. The fourth-order valence-electron chi connectivity index (χ4n) is 2.56. The van der Waals surface area contributed by atoms with E-state index in [2.05, 4.69) is 15.9 Å². The third-order valence-corrected chi connectivity index (χ3v) is 4.16. The van der Waals surface area contributed by atoms with Crippen LogP contribution in [0.3, 0.4) is 0 Å². The van der Waals surface area contributed by atoms with Gasteiger partial charge in [-0.05, 0) is 37.0 Å². The summed E-state index contributed by atoms with van der Waals surface area (Å²) in [4.78, 5) is 13.9. The number of nitrogen functional groups attached to an aromatic ring is 1. The molecule has 0 bridgehead atoms. The van der Waals surface area contributed by atoms with Crippen molar-refractivity contribution in [1.29, 1.82) is 0 Å². The number of nitrogens with two attached hydrogens (primary N) is 1. The highest BCUT2D eigenvalue weighted by molar-refractivity contribution is 9.10. The third kappa shape index (κ3) is 3.05. The van der Waals surface area contributed by atoms with Crippen LogP contribution in [0.2, 0.25) is 0 Å². The first-order valence-corrected chi connectivity index (χ1v) is 7.19. The first-order chi connectivity index (χ1) is 8.58. The molecule has 1 aliphatic carbocycles. The molecule has 1 fully saturated rings. The predicted molar refractivity (Wildman–Crippen MR) is 78.5 cm³/mol. The minimum Gasteiger partial charge on any atom is -0.397 e. The zero-order valence-electron chi connectivity index (χ0n) is 10.7. The van der Waals surface area contributed by atoms with Crippen molar-refractivity contribution in [3.05, 3.63) is 22.7 Å². The molecule has 2 N–H and O–H groups in total. The van der Waals surface area contributed by atoms with E-state index in [0.29, 0.717) is 18.0 Å². The van der Waals surface area contributed by atoms with Crippen molar-refractivity contribution in [2.75, 3.05) is 17.7 Å². The summed E-state index contributed by atoms with van der Waals surface area (Å²) in [6.07, 6.45) is 5.56. The number of rotatable bonds is 3. The second kappa shape index (κ2) is 5.74. The van der Waals surface area contributed by atoms with Crippen LogP contribution in [-0.2, 0) is 4.79 Å². The normalized spacial score (nSPS) is 15.9. The van der Waals surface area contributed by atoms with Gasteiger partial charge in [0.05, 0.1) is 11.4 Å². The van der Waals surface area contributed by atoms with Gasteiger partial charge in [-0.2, -0.15) is 0 Å². The smallest absolute Gasteiger partial charge is 0.227 e. The highest BCUT2D eigenvalue weighted by Crippen LogP contribution is 2.30. The molecule has 3 nitrogen and oxygen atoms in total. The Bertz CT molecular complexity index is 441. The van der Waals surface area contributed by atoms with Gasteiger partial charge in [-0.25, -0.2) is 0 Å². The Labute approximate surface area is 116 Å². The van der Waals surface area contributed by atoms with E-state index in [1.807, 2.05) is 18.2 Å². The van der Waals surface area contributed by atoms with Crippen molar-refractivity contribution in [3.8, 4) is 0 Å². The average molecular weight is 311 g/mol. The number of anilines is 2. The summed E-state index contributed by atoms with van der Waals surface area (Å²) >= 11 is 3.37. The van der Waals surface area contributed by atoms with E-state index in [-0.39, 0.29) is 5.91 Å². The molecule has 98 valence electrons. The van der Waals surface area contributed by atoms with E-state index in [4.69, 9.17) is 5.73 Å². The van der Waals surface area contributed by atoms with Crippen LogP contribution >= 0.6 is 15.9 Å². The molecule has 1 amide bonds. The molecule has 0 unspecified atom stereocenters. The molecule has 2 rings (SSSR count). The van der Waals surface area contributed by atoms with E-state index < -0.39 is 0 Å². The Morgan fingerprint density at radius 2 is 2.11 bits per heavy atom. The molecule has 18 heavy (non-hydrogen) atoms. The first-order valence-electron chi connectivity index (χ1n) is 6.39. The molecular formula is C14H19BrN2O. The van der Waals surface area contributed by atoms with Crippen LogP contribution in [0.15, 0.2) is 22.7 Å². The topological polar surface area (TPSA) is 46.3 Å². The predicted octanol–water partition coefficient (Wildman–Crippen LogP) is 3.57. The van der Waals surface area contributed by atoms with Crippen LogP contribution in [0.1, 0.15) is 32.1 Å². The zero-order chi connectivity index (χ0) is 13.1. The maximum atomic E-state index is 12.2. The van der Waals surface area contributed by atoms with Gasteiger partial charge in [0.1, 0.15) is 0 Å². The molecule has 1 aliphatic rings. The number of benzene rings is 1. The van der Waals surface area contributed by atoms with Crippen LogP contribution in [-0.4, -0.2) is 13.0 Å². The zero-order valence-corrected chi connectivity index (χ0v) is 12.2. The van der Waals surface area contributed by atoms with Crippen molar-refractivity contribution in [2.24, 2.45) is 5.92 Å². The molecule has 0 aliphatic heterocycles. The SMILES string of the molecule is CN(C(=O)CC1CCCC1)c1ccc(Br)cc1N. The van der Waals surface area contributed by atoms with Gasteiger partial charge in [0, 0.05) is 17.9 Å². The number of hydrogen-bond donors (Lipinski definition) is 1. The van der Waals surface area contributed by atoms with Gasteiger partial charge < -0.3 is 10.6 Å². The largest absolute Gasteiger partial charge is 0.397 e. The third-order valence-electron chi connectivity index (χ3n) is 3.66. The molecule has 1 aromatic carbocycles. The average Bonchev–Trinajstić information content (AvgIpc) is 2.81. The maximum Gasteiger partial charge on any atom is 0.227 e. The monoisotopic (exact) mass is 310 g/mol. The Morgan fingerprint density at radius 1 is 1.44 bits per heavy atom. The molecule has 0 saturated heterocycles. The quantitative estimate of drug-likeness (QED) is 0.867. The van der Waals surface area contributed by atoms with E-state index in [0.717, 1.165) is 10.2 Å². The number of hydrogen-bond acceptors (Lipinski definition) is 2. The lowest BCUT2D eigenvalue weighted by molar-refractivity contribution is -0.119. The molecule has 1 aromatic rings. The lowest BCUT2D eigenvalue weighted by Gasteiger charge is -2.21. The summed E-state index contributed by atoms with van der Waals surface area (Å²) in [5, 5.41) is 0. The van der Waals surface area contributed by atoms with Crippen LogP contribution in [0.25, 0.3) is 0 Å². The van der Waals surface area contributed by atoms with Gasteiger partial charge in [-0.15, -0.1) is 0 Å². The summed E-state index contributed by atoms with van der Waals surface area (Å²) < 4.78 is 0.931. The standard InChI is InChI=1S/C14H19BrN2O/c1-17(13-7-6-11(15)9-12(13)16)14(18)8-10-4-2-3-5-10/h6-7,9-10H,2-5,8,16H2,1H3. The summed E-state index contributed by atoms with van der Waals surface area (Å²) in [6.45, 7) is 0.